The summed E-state index contributed by atoms with van der Waals surface area (Å²) in [5.74, 6) is 1.26. The Bertz CT molecular complexity index is 433. The van der Waals surface area contributed by atoms with E-state index in [2.05, 4.69) is 45.5 Å². The van der Waals surface area contributed by atoms with Gasteiger partial charge in [0.05, 0.1) is 5.84 Å². The van der Waals surface area contributed by atoms with Gasteiger partial charge in [-0.1, -0.05) is 30.3 Å². The average molecular weight is 271 g/mol. The molecule has 1 aromatic rings. The zero-order chi connectivity index (χ0) is 13.6. The molecule has 3 heteroatoms. The van der Waals surface area contributed by atoms with Gasteiger partial charge in [0.2, 0.25) is 0 Å². The van der Waals surface area contributed by atoms with Crippen LogP contribution in [0.25, 0.3) is 0 Å². The molecule has 0 spiro atoms. The zero-order valence-corrected chi connectivity index (χ0v) is 12.2. The summed E-state index contributed by atoms with van der Waals surface area (Å²) in [7, 11) is 0. The first kappa shape index (κ1) is 13.6. The van der Waals surface area contributed by atoms with Gasteiger partial charge in [0.1, 0.15) is 0 Å². The second-order valence-electron chi connectivity index (χ2n) is 5.97. The van der Waals surface area contributed by atoms with Crippen molar-refractivity contribution in [2.75, 3.05) is 19.6 Å². The van der Waals surface area contributed by atoms with E-state index >= 15 is 0 Å². The van der Waals surface area contributed by atoms with Gasteiger partial charge in [0, 0.05) is 38.6 Å². The number of rotatable bonds is 3. The van der Waals surface area contributed by atoms with Crippen molar-refractivity contribution in [2.45, 2.75) is 44.7 Å². The molecule has 0 aromatic heterocycles. The number of hydrogen-bond acceptors (Lipinski definition) is 3. The number of hydrogen-bond donors (Lipinski definition) is 1. The SMILES string of the molecule is c1ccc(CN2CCC(NC3=NCCCC3)CC2)cc1. The van der Waals surface area contributed by atoms with Gasteiger partial charge in [-0.15, -0.1) is 0 Å². The largest absolute Gasteiger partial charge is 0.371 e. The van der Waals surface area contributed by atoms with E-state index in [1.165, 1.54) is 50.2 Å². The molecule has 1 fully saturated rings. The summed E-state index contributed by atoms with van der Waals surface area (Å²) >= 11 is 0. The molecule has 108 valence electrons. The lowest BCUT2D eigenvalue weighted by atomic mass is 10.0. The van der Waals surface area contributed by atoms with Crippen molar-refractivity contribution in [2.24, 2.45) is 4.99 Å². The van der Waals surface area contributed by atoms with E-state index in [0.717, 1.165) is 19.5 Å². The maximum atomic E-state index is 4.60. The summed E-state index contributed by atoms with van der Waals surface area (Å²) in [4.78, 5) is 7.17. The summed E-state index contributed by atoms with van der Waals surface area (Å²) in [6, 6.07) is 11.4. The first-order chi connectivity index (χ1) is 9.90. The molecule has 20 heavy (non-hydrogen) atoms. The third-order valence-electron chi connectivity index (χ3n) is 4.33. The second kappa shape index (κ2) is 6.89. The highest BCUT2D eigenvalue weighted by molar-refractivity contribution is 5.82. The molecule has 1 aromatic carbocycles. The van der Waals surface area contributed by atoms with E-state index in [9.17, 15) is 0 Å². The molecule has 1 N–H and O–H groups in total. The molecule has 0 bridgehead atoms. The van der Waals surface area contributed by atoms with Crippen LogP contribution < -0.4 is 5.32 Å². The molecule has 3 rings (SSSR count). The molecule has 0 aliphatic carbocycles. The van der Waals surface area contributed by atoms with Crippen LogP contribution in [0.15, 0.2) is 35.3 Å². The van der Waals surface area contributed by atoms with Gasteiger partial charge in [-0.3, -0.25) is 9.89 Å². The van der Waals surface area contributed by atoms with Crippen LogP contribution in [0.3, 0.4) is 0 Å². The molecule has 1 saturated heterocycles. The fourth-order valence-electron chi connectivity index (χ4n) is 3.13. The number of likely N-dealkylation sites (tertiary alicyclic amines) is 1. The third-order valence-corrected chi connectivity index (χ3v) is 4.33. The molecular formula is C17H25N3. The van der Waals surface area contributed by atoms with Gasteiger partial charge >= 0.3 is 0 Å². The van der Waals surface area contributed by atoms with Gasteiger partial charge < -0.3 is 5.32 Å². The van der Waals surface area contributed by atoms with Gasteiger partial charge in [0.25, 0.3) is 0 Å². The van der Waals surface area contributed by atoms with Crippen molar-refractivity contribution in [1.29, 1.82) is 0 Å². The Kier molecular flexibility index (Phi) is 4.69. The lowest BCUT2D eigenvalue weighted by Gasteiger charge is -2.33. The van der Waals surface area contributed by atoms with Crippen LogP contribution >= 0.6 is 0 Å². The van der Waals surface area contributed by atoms with Crippen LogP contribution in [0, 0.1) is 0 Å². The van der Waals surface area contributed by atoms with E-state index in [4.69, 9.17) is 0 Å². The highest BCUT2D eigenvalue weighted by Crippen LogP contribution is 2.15. The van der Waals surface area contributed by atoms with Crippen molar-refractivity contribution >= 4 is 5.84 Å². The van der Waals surface area contributed by atoms with E-state index in [1.54, 1.807) is 0 Å². The Hall–Kier alpha value is -1.35. The number of benzene rings is 1. The van der Waals surface area contributed by atoms with Crippen molar-refractivity contribution in [3.05, 3.63) is 35.9 Å². The predicted molar refractivity (Wildman–Crippen MR) is 84.0 cm³/mol. The Balaban J connectivity index is 1.44. The minimum Gasteiger partial charge on any atom is -0.371 e. The summed E-state index contributed by atoms with van der Waals surface area (Å²) in [5, 5.41) is 3.67. The topological polar surface area (TPSA) is 27.6 Å². The van der Waals surface area contributed by atoms with Crippen molar-refractivity contribution in [3.8, 4) is 0 Å². The Morgan fingerprint density at radius 2 is 1.90 bits per heavy atom. The van der Waals surface area contributed by atoms with Crippen molar-refractivity contribution in [3.63, 3.8) is 0 Å². The first-order valence-corrected chi connectivity index (χ1v) is 7.96. The standard InChI is InChI=1S/C17H25N3/c1-2-6-15(7-3-1)14-20-12-9-16(10-13-20)19-17-8-4-5-11-18-17/h1-3,6-7,16H,4-5,8-14H2,(H,18,19). The van der Waals surface area contributed by atoms with Crippen LogP contribution in [0.2, 0.25) is 0 Å². The van der Waals surface area contributed by atoms with Crippen molar-refractivity contribution in [1.82, 2.24) is 10.2 Å². The summed E-state index contributed by atoms with van der Waals surface area (Å²) in [5.41, 5.74) is 1.43. The third kappa shape index (κ3) is 3.83. The quantitative estimate of drug-likeness (QED) is 0.915. The summed E-state index contributed by atoms with van der Waals surface area (Å²) < 4.78 is 0. The highest BCUT2D eigenvalue weighted by Gasteiger charge is 2.20. The molecule has 2 heterocycles. The fourth-order valence-corrected chi connectivity index (χ4v) is 3.13. The molecule has 0 saturated carbocycles. The highest BCUT2D eigenvalue weighted by atomic mass is 15.1. The monoisotopic (exact) mass is 271 g/mol. The Morgan fingerprint density at radius 3 is 2.60 bits per heavy atom. The second-order valence-corrected chi connectivity index (χ2v) is 5.97. The van der Waals surface area contributed by atoms with Gasteiger partial charge in [0.15, 0.2) is 0 Å². The van der Waals surface area contributed by atoms with Crippen LogP contribution in [0.1, 0.15) is 37.7 Å². The molecule has 3 nitrogen and oxygen atoms in total. The summed E-state index contributed by atoms with van der Waals surface area (Å²) in [6.07, 6.45) is 6.21. The van der Waals surface area contributed by atoms with E-state index in [1.807, 2.05) is 0 Å². The summed E-state index contributed by atoms with van der Waals surface area (Å²) in [6.45, 7) is 4.50. The Labute approximate surface area is 122 Å². The molecule has 0 amide bonds. The molecular weight excluding hydrogens is 246 g/mol. The number of aliphatic imine (C=N–C) groups is 1. The Morgan fingerprint density at radius 1 is 1.10 bits per heavy atom. The van der Waals surface area contributed by atoms with Gasteiger partial charge in [-0.25, -0.2) is 0 Å². The van der Waals surface area contributed by atoms with Crippen LogP contribution in [-0.4, -0.2) is 36.4 Å². The number of piperidine rings is 1. The number of amidine groups is 1. The van der Waals surface area contributed by atoms with Crippen LogP contribution in [-0.2, 0) is 6.54 Å². The van der Waals surface area contributed by atoms with E-state index in [0.29, 0.717) is 6.04 Å². The van der Waals surface area contributed by atoms with Crippen molar-refractivity contribution < 1.29 is 0 Å². The molecule has 0 atom stereocenters. The number of nitrogens with one attached hydrogen (secondary N) is 1. The maximum absolute atomic E-state index is 4.60. The van der Waals surface area contributed by atoms with Gasteiger partial charge in [-0.05, 0) is 31.2 Å². The maximum Gasteiger partial charge on any atom is 0.0965 e. The fraction of sp³-hybridized carbons (Fsp3) is 0.588. The van der Waals surface area contributed by atoms with E-state index < -0.39 is 0 Å². The lowest BCUT2D eigenvalue weighted by molar-refractivity contribution is 0.198. The zero-order valence-electron chi connectivity index (χ0n) is 12.2. The molecule has 2 aliphatic rings. The number of nitrogens with zero attached hydrogens (tertiary/aromatic N) is 2. The minimum atomic E-state index is 0.638. The molecule has 0 radical (unpaired) electrons. The average Bonchev–Trinajstić information content (AvgIpc) is 2.51. The van der Waals surface area contributed by atoms with Gasteiger partial charge in [-0.2, -0.15) is 0 Å². The smallest absolute Gasteiger partial charge is 0.0965 e. The predicted octanol–water partition coefficient (Wildman–Crippen LogP) is 2.82. The van der Waals surface area contributed by atoms with E-state index in [-0.39, 0.29) is 0 Å². The minimum absolute atomic E-state index is 0.638. The lowest BCUT2D eigenvalue weighted by Crippen LogP contribution is -2.44. The molecule has 0 unspecified atom stereocenters. The first-order valence-electron chi connectivity index (χ1n) is 7.96. The van der Waals surface area contributed by atoms with Crippen LogP contribution in [0.4, 0.5) is 0 Å². The molecule has 2 aliphatic heterocycles. The normalized spacial score (nSPS) is 21.5. The van der Waals surface area contributed by atoms with Crippen LogP contribution in [0.5, 0.6) is 0 Å².